The number of nitrogens with two attached hydrogens (primary N) is 1. The van der Waals surface area contributed by atoms with Crippen molar-refractivity contribution < 1.29 is 4.74 Å². The average molecular weight is 309 g/mol. The van der Waals surface area contributed by atoms with Gasteiger partial charge in [-0.1, -0.05) is 18.5 Å². The number of rotatable bonds is 2. The molecule has 2 aliphatic heterocycles. The van der Waals surface area contributed by atoms with Gasteiger partial charge in [-0.3, -0.25) is 0 Å². The fraction of sp³-hybridized carbons (Fsp3) is 0.647. The lowest BCUT2D eigenvalue weighted by Crippen LogP contribution is -2.43. The number of benzene rings is 1. The van der Waals surface area contributed by atoms with Gasteiger partial charge in [0.1, 0.15) is 11.4 Å². The summed E-state index contributed by atoms with van der Waals surface area (Å²) in [6.07, 6.45) is 5.48. The first-order valence-corrected chi connectivity index (χ1v) is 8.46. The summed E-state index contributed by atoms with van der Waals surface area (Å²) < 4.78 is 6.43. The van der Waals surface area contributed by atoms with Crippen LogP contribution in [0.4, 0.5) is 0 Å². The molecular weight excluding hydrogens is 284 g/mol. The lowest BCUT2D eigenvalue weighted by atomic mass is 9.82. The van der Waals surface area contributed by atoms with E-state index in [-0.39, 0.29) is 11.6 Å². The van der Waals surface area contributed by atoms with Gasteiger partial charge in [-0.15, -0.1) is 0 Å². The Hall–Kier alpha value is -0.770. The van der Waals surface area contributed by atoms with Crippen LogP contribution in [-0.2, 0) is 0 Å². The summed E-state index contributed by atoms with van der Waals surface area (Å²) in [7, 11) is 0. The Labute approximate surface area is 132 Å². The van der Waals surface area contributed by atoms with Crippen molar-refractivity contribution in [1.29, 1.82) is 0 Å². The van der Waals surface area contributed by atoms with E-state index >= 15 is 0 Å². The van der Waals surface area contributed by atoms with E-state index in [4.69, 9.17) is 22.1 Å². The lowest BCUT2D eigenvalue weighted by Gasteiger charge is -2.41. The molecule has 2 atom stereocenters. The van der Waals surface area contributed by atoms with E-state index < -0.39 is 0 Å². The molecule has 1 saturated heterocycles. The van der Waals surface area contributed by atoms with Gasteiger partial charge in [0.2, 0.25) is 0 Å². The van der Waals surface area contributed by atoms with E-state index in [2.05, 4.69) is 11.8 Å². The molecule has 2 aliphatic rings. The molecule has 3 rings (SSSR count). The molecule has 116 valence electrons. The van der Waals surface area contributed by atoms with Gasteiger partial charge in [0.25, 0.3) is 0 Å². The molecule has 21 heavy (non-hydrogen) atoms. The van der Waals surface area contributed by atoms with Crippen molar-refractivity contribution in [3.05, 3.63) is 28.8 Å². The SMILES string of the molecule is CCCN1CCCC2(CC1)CC(N)c1cc(Cl)ccc1O2. The number of fused-ring (bicyclic) bond motifs is 1. The van der Waals surface area contributed by atoms with Crippen molar-refractivity contribution >= 4 is 11.6 Å². The standard InChI is InChI=1S/C17H25ClN2O/c1-2-8-20-9-3-6-17(7-10-20)12-15(19)14-11-13(18)4-5-16(14)21-17/h4-5,11,15H,2-3,6-10,12,19H2,1H3. The number of hydrogen-bond donors (Lipinski definition) is 1. The number of likely N-dealkylation sites (tertiary alicyclic amines) is 1. The topological polar surface area (TPSA) is 38.5 Å². The first-order chi connectivity index (χ1) is 10.1. The van der Waals surface area contributed by atoms with E-state index in [9.17, 15) is 0 Å². The zero-order valence-corrected chi connectivity index (χ0v) is 13.5. The number of halogens is 1. The third-order valence-corrected chi connectivity index (χ3v) is 5.06. The zero-order chi connectivity index (χ0) is 14.9. The summed E-state index contributed by atoms with van der Waals surface area (Å²) in [5.41, 5.74) is 7.39. The second kappa shape index (κ2) is 6.15. The Morgan fingerprint density at radius 3 is 3.05 bits per heavy atom. The van der Waals surface area contributed by atoms with Gasteiger partial charge in [-0.05, 0) is 57.0 Å². The summed E-state index contributed by atoms with van der Waals surface area (Å²) in [4.78, 5) is 2.56. The molecule has 1 aromatic carbocycles. The lowest BCUT2D eigenvalue weighted by molar-refractivity contribution is 0.0218. The second-order valence-corrected chi connectivity index (χ2v) is 6.91. The Bertz CT molecular complexity index is 508. The smallest absolute Gasteiger partial charge is 0.125 e. The fourth-order valence-electron chi connectivity index (χ4n) is 3.76. The second-order valence-electron chi connectivity index (χ2n) is 6.47. The van der Waals surface area contributed by atoms with Crippen molar-refractivity contribution in [2.24, 2.45) is 5.73 Å². The Kier molecular flexibility index (Phi) is 4.43. The van der Waals surface area contributed by atoms with Gasteiger partial charge in [-0.25, -0.2) is 0 Å². The first kappa shape index (κ1) is 15.1. The van der Waals surface area contributed by atoms with Crippen LogP contribution in [0.5, 0.6) is 5.75 Å². The molecule has 0 bridgehead atoms. The van der Waals surface area contributed by atoms with Crippen LogP contribution in [0, 0.1) is 0 Å². The highest BCUT2D eigenvalue weighted by atomic mass is 35.5. The highest BCUT2D eigenvalue weighted by molar-refractivity contribution is 6.30. The maximum Gasteiger partial charge on any atom is 0.125 e. The Morgan fingerprint density at radius 2 is 2.24 bits per heavy atom. The number of ether oxygens (including phenoxy) is 1. The molecule has 1 spiro atoms. The Morgan fingerprint density at radius 1 is 1.38 bits per heavy atom. The van der Waals surface area contributed by atoms with E-state index in [1.54, 1.807) is 0 Å². The van der Waals surface area contributed by atoms with Crippen LogP contribution in [0.25, 0.3) is 0 Å². The van der Waals surface area contributed by atoms with Crippen molar-refractivity contribution in [3.8, 4) is 5.75 Å². The van der Waals surface area contributed by atoms with E-state index in [1.165, 1.54) is 25.9 Å². The molecule has 3 nitrogen and oxygen atoms in total. The molecule has 4 heteroatoms. The fourth-order valence-corrected chi connectivity index (χ4v) is 3.94. The minimum atomic E-state index is -0.0806. The summed E-state index contributed by atoms with van der Waals surface area (Å²) in [5.74, 6) is 0.932. The van der Waals surface area contributed by atoms with Crippen LogP contribution in [0.15, 0.2) is 18.2 Å². The third-order valence-electron chi connectivity index (χ3n) is 4.82. The highest BCUT2D eigenvalue weighted by Gasteiger charge is 2.40. The van der Waals surface area contributed by atoms with Gasteiger partial charge in [-0.2, -0.15) is 0 Å². The van der Waals surface area contributed by atoms with Gasteiger partial charge in [0.05, 0.1) is 0 Å². The third kappa shape index (κ3) is 3.20. The van der Waals surface area contributed by atoms with E-state index in [1.807, 2.05) is 18.2 Å². The van der Waals surface area contributed by atoms with E-state index in [0.29, 0.717) is 0 Å². The molecule has 0 aliphatic carbocycles. The maximum atomic E-state index is 6.43. The van der Waals surface area contributed by atoms with Crippen LogP contribution in [0.1, 0.15) is 50.6 Å². The number of nitrogens with zero attached hydrogens (tertiary/aromatic N) is 1. The molecule has 1 aromatic rings. The maximum absolute atomic E-state index is 6.43. The summed E-state index contributed by atoms with van der Waals surface area (Å²) in [5, 5.41) is 0.735. The largest absolute Gasteiger partial charge is 0.487 e. The molecule has 1 fully saturated rings. The zero-order valence-electron chi connectivity index (χ0n) is 12.8. The molecule has 2 unspecified atom stereocenters. The van der Waals surface area contributed by atoms with Crippen LogP contribution in [0.3, 0.4) is 0 Å². The van der Waals surface area contributed by atoms with Crippen LogP contribution < -0.4 is 10.5 Å². The van der Waals surface area contributed by atoms with Crippen LogP contribution in [0.2, 0.25) is 5.02 Å². The molecule has 0 radical (unpaired) electrons. The Balaban J connectivity index is 1.79. The summed E-state index contributed by atoms with van der Waals surface area (Å²) >= 11 is 6.08. The predicted molar refractivity (Wildman–Crippen MR) is 86.9 cm³/mol. The predicted octanol–water partition coefficient (Wildman–Crippen LogP) is 3.76. The quantitative estimate of drug-likeness (QED) is 0.904. The first-order valence-electron chi connectivity index (χ1n) is 8.08. The van der Waals surface area contributed by atoms with Crippen LogP contribution in [-0.4, -0.2) is 30.1 Å². The van der Waals surface area contributed by atoms with Gasteiger partial charge in [0.15, 0.2) is 0 Å². The average Bonchev–Trinajstić information content (AvgIpc) is 2.64. The van der Waals surface area contributed by atoms with Crippen molar-refractivity contribution in [2.45, 2.75) is 50.7 Å². The van der Waals surface area contributed by atoms with Crippen LogP contribution >= 0.6 is 11.6 Å². The van der Waals surface area contributed by atoms with Crippen molar-refractivity contribution in [2.75, 3.05) is 19.6 Å². The molecule has 0 saturated carbocycles. The minimum Gasteiger partial charge on any atom is -0.487 e. The summed E-state index contributed by atoms with van der Waals surface area (Å²) in [6.45, 7) is 5.73. The minimum absolute atomic E-state index is 0.0326. The van der Waals surface area contributed by atoms with E-state index in [0.717, 1.165) is 42.1 Å². The molecular formula is C17H25ClN2O. The number of hydrogen-bond acceptors (Lipinski definition) is 3. The summed E-state index contributed by atoms with van der Waals surface area (Å²) in [6, 6.07) is 5.86. The molecule has 2 heterocycles. The monoisotopic (exact) mass is 308 g/mol. The van der Waals surface area contributed by atoms with Crippen molar-refractivity contribution in [1.82, 2.24) is 4.90 Å². The normalized spacial score (nSPS) is 29.8. The van der Waals surface area contributed by atoms with Gasteiger partial charge < -0.3 is 15.4 Å². The van der Waals surface area contributed by atoms with Gasteiger partial charge >= 0.3 is 0 Å². The van der Waals surface area contributed by atoms with Gasteiger partial charge in [0, 0.05) is 29.6 Å². The highest BCUT2D eigenvalue weighted by Crippen LogP contribution is 2.44. The molecule has 0 amide bonds. The molecule has 0 aromatic heterocycles. The molecule has 2 N–H and O–H groups in total. The van der Waals surface area contributed by atoms with Crippen molar-refractivity contribution in [3.63, 3.8) is 0 Å².